The van der Waals surface area contributed by atoms with Crippen LogP contribution in [0.1, 0.15) is 29.8 Å². The summed E-state index contributed by atoms with van der Waals surface area (Å²) >= 11 is 0. The first-order valence-electron chi connectivity index (χ1n) is 8.86. The SMILES string of the molecule is Cn1c(Cc2ccc(C#N)cc2)nc2c(N3CCCC(=O)C3)cccc21. The first-order chi connectivity index (χ1) is 12.7. The summed E-state index contributed by atoms with van der Waals surface area (Å²) in [6.45, 7) is 1.37. The van der Waals surface area contributed by atoms with Gasteiger partial charge >= 0.3 is 0 Å². The highest BCUT2D eigenvalue weighted by molar-refractivity contribution is 5.93. The molecule has 4 rings (SSSR count). The topological polar surface area (TPSA) is 61.9 Å². The minimum atomic E-state index is 0.294. The van der Waals surface area contributed by atoms with Crippen molar-refractivity contribution < 1.29 is 4.79 Å². The van der Waals surface area contributed by atoms with Gasteiger partial charge < -0.3 is 9.47 Å². The fourth-order valence-corrected chi connectivity index (χ4v) is 3.58. The van der Waals surface area contributed by atoms with E-state index < -0.39 is 0 Å². The minimum Gasteiger partial charge on any atom is -0.362 e. The van der Waals surface area contributed by atoms with E-state index in [2.05, 4.69) is 27.7 Å². The summed E-state index contributed by atoms with van der Waals surface area (Å²) in [6.07, 6.45) is 2.29. The Bertz CT molecular complexity index is 1010. The number of benzene rings is 2. The molecule has 3 aromatic rings. The van der Waals surface area contributed by atoms with Gasteiger partial charge in [0, 0.05) is 26.4 Å². The molecule has 5 nitrogen and oxygen atoms in total. The lowest BCUT2D eigenvalue weighted by atomic mass is 10.1. The zero-order valence-corrected chi connectivity index (χ0v) is 14.8. The van der Waals surface area contributed by atoms with Gasteiger partial charge in [-0.1, -0.05) is 18.2 Å². The number of nitriles is 1. The number of Topliss-reactive ketones (excluding diaryl/α,β-unsaturated/α-hetero) is 1. The smallest absolute Gasteiger partial charge is 0.152 e. The van der Waals surface area contributed by atoms with E-state index in [4.69, 9.17) is 10.2 Å². The molecule has 0 spiro atoms. The minimum absolute atomic E-state index is 0.294. The van der Waals surface area contributed by atoms with Crippen LogP contribution < -0.4 is 4.90 Å². The highest BCUT2D eigenvalue weighted by Crippen LogP contribution is 2.29. The fourth-order valence-electron chi connectivity index (χ4n) is 3.58. The second kappa shape index (κ2) is 6.64. The van der Waals surface area contributed by atoms with E-state index in [0.29, 0.717) is 30.7 Å². The third-order valence-electron chi connectivity index (χ3n) is 5.02. The number of nitrogens with zero attached hydrogens (tertiary/aromatic N) is 4. The zero-order chi connectivity index (χ0) is 18.1. The molecule has 130 valence electrons. The molecular weight excluding hydrogens is 324 g/mol. The van der Waals surface area contributed by atoms with Crippen LogP contribution in [0.3, 0.4) is 0 Å². The van der Waals surface area contributed by atoms with Crippen molar-refractivity contribution in [3.63, 3.8) is 0 Å². The standard InChI is InChI=1S/C21H20N4O/c1-24-18-5-2-6-19(25-11-3-4-17(26)14-25)21(18)23-20(24)12-15-7-9-16(13-22)10-8-15/h2,5-10H,3-4,11-12,14H2,1H3. The number of imidazole rings is 1. The van der Waals surface area contributed by atoms with Crippen molar-refractivity contribution in [3.8, 4) is 6.07 Å². The number of hydrogen-bond acceptors (Lipinski definition) is 4. The maximum Gasteiger partial charge on any atom is 0.152 e. The lowest BCUT2D eigenvalue weighted by Gasteiger charge is -2.28. The van der Waals surface area contributed by atoms with Gasteiger partial charge in [0.2, 0.25) is 0 Å². The van der Waals surface area contributed by atoms with Gasteiger partial charge in [-0.3, -0.25) is 4.79 Å². The van der Waals surface area contributed by atoms with E-state index in [1.807, 2.05) is 37.4 Å². The van der Waals surface area contributed by atoms with E-state index in [-0.39, 0.29) is 0 Å². The molecule has 0 saturated carbocycles. The van der Waals surface area contributed by atoms with E-state index >= 15 is 0 Å². The largest absolute Gasteiger partial charge is 0.362 e. The first kappa shape index (κ1) is 16.3. The summed E-state index contributed by atoms with van der Waals surface area (Å²) in [4.78, 5) is 18.9. The maximum absolute atomic E-state index is 11.9. The molecule has 1 fully saturated rings. The molecule has 0 bridgehead atoms. The molecule has 1 aromatic heterocycles. The quantitative estimate of drug-likeness (QED) is 0.732. The molecule has 2 heterocycles. The number of para-hydroxylation sites is 1. The molecule has 0 unspecified atom stereocenters. The third-order valence-corrected chi connectivity index (χ3v) is 5.02. The Morgan fingerprint density at radius 2 is 2.00 bits per heavy atom. The van der Waals surface area contributed by atoms with Crippen molar-refractivity contribution >= 4 is 22.5 Å². The lowest BCUT2D eigenvalue weighted by molar-refractivity contribution is -0.118. The number of hydrogen-bond donors (Lipinski definition) is 0. The van der Waals surface area contributed by atoms with Crippen LogP contribution >= 0.6 is 0 Å². The Labute approximate surface area is 152 Å². The summed E-state index contributed by atoms with van der Waals surface area (Å²) in [5.74, 6) is 1.27. The van der Waals surface area contributed by atoms with Crippen molar-refractivity contribution in [1.82, 2.24) is 9.55 Å². The van der Waals surface area contributed by atoms with E-state index in [1.165, 1.54) is 0 Å². The average molecular weight is 344 g/mol. The zero-order valence-electron chi connectivity index (χ0n) is 14.8. The Balaban J connectivity index is 1.70. The van der Waals surface area contributed by atoms with Crippen LogP contribution in [0.15, 0.2) is 42.5 Å². The number of fused-ring (bicyclic) bond motifs is 1. The van der Waals surface area contributed by atoms with Gasteiger partial charge in [-0.05, 0) is 36.2 Å². The Morgan fingerprint density at radius 1 is 1.19 bits per heavy atom. The molecule has 5 heteroatoms. The van der Waals surface area contributed by atoms with E-state index in [9.17, 15) is 4.79 Å². The van der Waals surface area contributed by atoms with Gasteiger partial charge in [0.15, 0.2) is 5.78 Å². The van der Waals surface area contributed by atoms with Crippen molar-refractivity contribution in [2.75, 3.05) is 18.0 Å². The number of carbonyl (C=O) groups excluding carboxylic acids is 1. The molecule has 26 heavy (non-hydrogen) atoms. The van der Waals surface area contributed by atoms with E-state index in [0.717, 1.165) is 41.1 Å². The van der Waals surface area contributed by atoms with Crippen molar-refractivity contribution in [2.24, 2.45) is 7.05 Å². The van der Waals surface area contributed by atoms with Gasteiger partial charge in [-0.25, -0.2) is 4.98 Å². The fraction of sp³-hybridized carbons (Fsp3) is 0.286. The van der Waals surface area contributed by atoms with Crippen LogP contribution in [0.2, 0.25) is 0 Å². The molecule has 1 saturated heterocycles. The highest BCUT2D eigenvalue weighted by Gasteiger charge is 2.21. The van der Waals surface area contributed by atoms with Crippen LogP contribution in [0, 0.1) is 11.3 Å². The predicted octanol–water partition coefficient (Wildman–Crippen LogP) is 3.21. The molecule has 1 aliphatic rings. The number of aryl methyl sites for hydroxylation is 1. The normalized spacial score (nSPS) is 14.6. The number of rotatable bonds is 3. The number of ketones is 1. The monoisotopic (exact) mass is 344 g/mol. The molecule has 1 aliphatic heterocycles. The average Bonchev–Trinajstić information content (AvgIpc) is 2.98. The van der Waals surface area contributed by atoms with Gasteiger partial charge in [0.25, 0.3) is 0 Å². The van der Waals surface area contributed by atoms with Gasteiger partial charge in [-0.2, -0.15) is 5.26 Å². The van der Waals surface area contributed by atoms with Crippen molar-refractivity contribution in [3.05, 3.63) is 59.4 Å². The molecule has 0 atom stereocenters. The molecule has 0 aliphatic carbocycles. The highest BCUT2D eigenvalue weighted by atomic mass is 16.1. The number of carbonyl (C=O) groups is 1. The summed E-state index contributed by atoms with van der Waals surface area (Å²) in [7, 11) is 2.03. The molecule has 0 N–H and O–H groups in total. The second-order valence-corrected chi connectivity index (χ2v) is 6.78. The first-order valence-corrected chi connectivity index (χ1v) is 8.86. The molecule has 0 amide bonds. The Hall–Kier alpha value is -3.13. The van der Waals surface area contributed by atoms with Crippen molar-refractivity contribution in [1.29, 1.82) is 5.26 Å². The van der Waals surface area contributed by atoms with E-state index in [1.54, 1.807) is 0 Å². The molecule has 2 aromatic carbocycles. The molecular formula is C21H20N4O. The van der Waals surface area contributed by atoms with Crippen LogP contribution in [0.25, 0.3) is 11.0 Å². The summed E-state index contributed by atoms with van der Waals surface area (Å²) in [5, 5.41) is 8.94. The lowest BCUT2D eigenvalue weighted by Crippen LogP contribution is -2.35. The number of piperidine rings is 1. The van der Waals surface area contributed by atoms with Gasteiger partial charge in [-0.15, -0.1) is 0 Å². The van der Waals surface area contributed by atoms with Gasteiger partial charge in [0.05, 0.1) is 29.4 Å². The summed E-state index contributed by atoms with van der Waals surface area (Å²) in [6, 6.07) is 15.9. The number of anilines is 1. The third kappa shape index (κ3) is 2.95. The van der Waals surface area contributed by atoms with Crippen LogP contribution in [-0.4, -0.2) is 28.4 Å². The van der Waals surface area contributed by atoms with Crippen LogP contribution in [-0.2, 0) is 18.3 Å². The number of aromatic nitrogens is 2. The van der Waals surface area contributed by atoms with Crippen molar-refractivity contribution in [2.45, 2.75) is 19.3 Å². The Morgan fingerprint density at radius 3 is 2.73 bits per heavy atom. The summed E-state index contributed by atoms with van der Waals surface area (Å²) in [5.41, 5.74) is 4.85. The van der Waals surface area contributed by atoms with Gasteiger partial charge in [0.1, 0.15) is 11.3 Å². The predicted molar refractivity (Wildman–Crippen MR) is 101 cm³/mol. The summed E-state index contributed by atoms with van der Waals surface area (Å²) < 4.78 is 2.11. The van der Waals surface area contributed by atoms with Crippen LogP contribution in [0.5, 0.6) is 0 Å². The molecule has 0 radical (unpaired) electrons. The van der Waals surface area contributed by atoms with Crippen LogP contribution in [0.4, 0.5) is 5.69 Å². The second-order valence-electron chi connectivity index (χ2n) is 6.78. The Kier molecular flexibility index (Phi) is 4.18. The maximum atomic E-state index is 11.9.